The first-order valence-electron chi connectivity index (χ1n) is 9.45. The average Bonchev–Trinajstić information content (AvgIpc) is 3.15. The molecular formula is C22H25N3O2S. The minimum Gasteiger partial charge on any atom is -0.496 e. The van der Waals surface area contributed by atoms with Crippen LogP contribution in [0.3, 0.4) is 0 Å². The van der Waals surface area contributed by atoms with Gasteiger partial charge in [-0.15, -0.1) is 10.2 Å². The number of nitrogens with zero attached hydrogens (tertiary/aromatic N) is 3. The maximum atomic E-state index is 12.8. The SMILES string of the molecule is CCc1ccc(C(=O)C(C)Sc2nnc(-c3ccccc3OC)n2CC)cc1. The third-order valence-corrected chi connectivity index (χ3v) is 5.76. The summed E-state index contributed by atoms with van der Waals surface area (Å²) < 4.78 is 7.48. The summed E-state index contributed by atoms with van der Waals surface area (Å²) in [5, 5.41) is 9.20. The molecule has 146 valence electrons. The quantitative estimate of drug-likeness (QED) is 0.401. The molecule has 2 aromatic carbocycles. The van der Waals surface area contributed by atoms with E-state index in [9.17, 15) is 4.79 Å². The van der Waals surface area contributed by atoms with Gasteiger partial charge in [0.1, 0.15) is 5.75 Å². The van der Waals surface area contributed by atoms with E-state index >= 15 is 0 Å². The Labute approximate surface area is 170 Å². The van der Waals surface area contributed by atoms with Crippen LogP contribution in [-0.4, -0.2) is 32.9 Å². The number of methoxy groups -OCH3 is 1. The molecule has 6 heteroatoms. The smallest absolute Gasteiger partial charge is 0.192 e. The van der Waals surface area contributed by atoms with Crippen molar-refractivity contribution in [3.63, 3.8) is 0 Å². The lowest BCUT2D eigenvalue weighted by Crippen LogP contribution is -2.15. The van der Waals surface area contributed by atoms with Crippen LogP contribution < -0.4 is 4.74 Å². The van der Waals surface area contributed by atoms with Crippen LogP contribution in [0.1, 0.15) is 36.7 Å². The van der Waals surface area contributed by atoms with E-state index in [0.29, 0.717) is 6.54 Å². The summed E-state index contributed by atoms with van der Waals surface area (Å²) in [5.41, 5.74) is 2.84. The van der Waals surface area contributed by atoms with Gasteiger partial charge in [0.25, 0.3) is 0 Å². The van der Waals surface area contributed by atoms with Crippen molar-refractivity contribution in [1.82, 2.24) is 14.8 Å². The summed E-state index contributed by atoms with van der Waals surface area (Å²) in [5.74, 6) is 1.59. The summed E-state index contributed by atoms with van der Waals surface area (Å²) in [4.78, 5) is 12.8. The summed E-state index contributed by atoms with van der Waals surface area (Å²) in [6, 6.07) is 15.6. The number of ether oxygens (including phenoxy) is 1. The Bertz CT molecular complexity index is 951. The summed E-state index contributed by atoms with van der Waals surface area (Å²) in [6.45, 7) is 6.77. The van der Waals surface area contributed by atoms with Gasteiger partial charge in [0.2, 0.25) is 0 Å². The van der Waals surface area contributed by atoms with Crippen molar-refractivity contribution >= 4 is 17.5 Å². The average molecular weight is 396 g/mol. The second kappa shape index (κ2) is 9.06. The lowest BCUT2D eigenvalue weighted by atomic mass is 10.1. The summed E-state index contributed by atoms with van der Waals surface area (Å²) in [7, 11) is 1.64. The van der Waals surface area contributed by atoms with E-state index in [1.165, 1.54) is 17.3 Å². The number of carbonyl (C=O) groups is 1. The van der Waals surface area contributed by atoms with Crippen molar-refractivity contribution in [2.24, 2.45) is 0 Å². The molecule has 3 rings (SSSR count). The third kappa shape index (κ3) is 4.12. The first kappa shape index (κ1) is 20.1. The molecule has 3 aromatic rings. The molecule has 0 bridgehead atoms. The normalized spacial score (nSPS) is 12.0. The Hall–Kier alpha value is -2.60. The number of thioether (sulfide) groups is 1. The lowest BCUT2D eigenvalue weighted by molar-refractivity contribution is 0.0994. The Kier molecular flexibility index (Phi) is 6.52. The fourth-order valence-electron chi connectivity index (χ4n) is 3.04. The molecule has 1 aromatic heterocycles. The van der Waals surface area contributed by atoms with E-state index in [1.807, 2.05) is 66.9 Å². The predicted molar refractivity (Wildman–Crippen MR) is 113 cm³/mol. The number of hydrogen-bond acceptors (Lipinski definition) is 5. The van der Waals surface area contributed by atoms with Gasteiger partial charge >= 0.3 is 0 Å². The van der Waals surface area contributed by atoms with Crippen molar-refractivity contribution < 1.29 is 9.53 Å². The lowest BCUT2D eigenvalue weighted by Gasteiger charge is -2.13. The number of ketones is 1. The van der Waals surface area contributed by atoms with E-state index in [4.69, 9.17) is 4.74 Å². The van der Waals surface area contributed by atoms with Gasteiger partial charge in [-0.25, -0.2) is 0 Å². The molecule has 0 spiro atoms. The van der Waals surface area contributed by atoms with Gasteiger partial charge in [-0.1, -0.05) is 55.1 Å². The molecule has 0 radical (unpaired) electrons. The molecule has 0 saturated carbocycles. The Morgan fingerprint density at radius 1 is 1.11 bits per heavy atom. The van der Waals surface area contributed by atoms with Crippen molar-refractivity contribution in [2.75, 3.05) is 7.11 Å². The molecular weight excluding hydrogens is 370 g/mol. The predicted octanol–water partition coefficient (Wildman–Crippen LogP) is 4.90. The molecule has 0 N–H and O–H groups in total. The highest BCUT2D eigenvalue weighted by Crippen LogP contribution is 2.32. The molecule has 0 fully saturated rings. The molecule has 0 aliphatic rings. The van der Waals surface area contributed by atoms with Crippen LogP contribution >= 0.6 is 11.8 Å². The number of hydrogen-bond donors (Lipinski definition) is 0. The first-order chi connectivity index (χ1) is 13.6. The molecule has 1 atom stereocenters. The van der Waals surface area contributed by atoms with E-state index in [1.54, 1.807) is 7.11 Å². The molecule has 28 heavy (non-hydrogen) atoms. The number of aromatic nitrogens is 3. The standard InChI is InChI=1S/C22H25N3O2S/c1-5-16-11-13-17(14-12-16)20(26)15(3)28-22-24-23-21(25(22)6-2)18-9-7-8-10-19(18)27-4/h7-15H,5-6H2,1-4H3. The van der Waals surface area contributed by atoms with Crippen LogP contribution in [0, 0.1) is 0 Å². The molecule has 0 aliphatic carbocycles. The van der Waals surface area contributed by atoms with E-state index in [0.717, 1.165) is 34.3 Å². The number of carbonyl (C=O) groups excluding carboxylic acids is 1. The maximum Gasteiger partial charge on any atom is 0.192 e. The minimum absolute atomic E-state index is 0.0946. The van der Waals surface area contributed by atoms with Crippen LogP contribution in [-0.2, 0) is 13.0 Å². The number of aryl methyl sites for hydroxylation is 1. The second-order valence-electron chi connectivity index (χ2n) is 6.43. The fourth-order valence-corrected chi connectivity index (χ4v) is 4.03. The summed E-state index contributed by atoms with van der Waals surface area (Å²) in [6.07, 6.45) is 0.962. The number of rotatable bonds is 8. The number of para-hydroxylation sites is 1. The van der Waals surface area contributed by atoms with Gasteiger partial charge in [0.15, 0.2) is 16.8 Å². The summed E-state index contributed by atoms with van der Waals surface area (Å²) >= 11 is 1.44. The van der Waals surface area contributed by atoms with Crippen molar-refractivity contribution in [2.45, 2.75) is 44.1 Å². The van der Waals surface area contributed by atoms with Crippen LogP contribution in [0.2, 0.25) is 0 Å². The van der Waals surface area contributed by atoms with E-state index in [-0.39, 0.29) is 11.0 Å². The third-order valence-electron chi connectivity index (χ3n) is 4.68. The Morgan fingerprint density at radius 2 is 1.82 bits per heavy atom. The molecule has 1 heterocycles. The van der Waals surface area contributed by atoms with Gasteiger partial charge in [0.05, 0.1) is 17.9 Å². The van der Waals surface area contributed by atoms with Crippen molar-refractivity contribution in [3.8, 4) is 17.1 Å². The molecule has 0 saturated heterocycles. The topological polar surface area (TPSA) is 57.0 Å². The van der Waals surface area contributed by atoms with Gasteiger partial charge in [-0.2, -0.15) is 0 Å². The van der Waals surface area contributed by atoms with Gasteiger partial charge in [-0.05, 0) is 38.0 Å². The fraction of sp³-hybridized carbons (Fsp3) is 0.318. The highest BCUT2D eigenvalue weighted by molar-refractivity contribution is 8.00. The number of Topliss-reactive ketones (excluding diaryl/α,β-unsaturated/α-hetero) is 1. The van der Waals surface area contributed by atoms with Crippen LogP contribution in [0.15, 0.2) is 53.7 Å². The zero-order chi connectivity index (χ0) is 20.1. The van der Waals surface area contributed by atoms with Crippen LogP contribution in [0.5, 0.6) is 5.75 Å². The number of benzene rings is 2. The van der Waals surface area contributed by atoms with Crippen LogP contribution in [0.4, 0.5) is 0 Å². The van der Waals surface area contributed by atoms with Crippen molar-refractivity contribution in [3.05, 3.63) is 59.7 Å². The monoisotopic (exact) mass is 395 g/mol. The molecule has 0 amide bonds. The zero-order valence-corrected chi connectivity index (χ0v) is 17.5. The second-order valence-corrected chi connectivity index (χ2v) is 7.73. The molecule has 1 unspecified atom stereocenters. The van der Waals surface area contributed by atoms with Crippen LogP contribution in [0.25, 0.3) is 11.4 Å². The van der Waals surface area contributed by atoms with E-state index in [2.05, 4.69) is 17.1 Å². The van der Waals surface area contributed by atoms with Crippen molar-refractivity contribution in [1.29, 1.82) is 0 Å². The molecule has 5 nitrogen and oxygen atoms in total. The largest absolute Gasteiger partial charge is 0.496 e. The van der Waals surface area contributed by atoms with Gasteiger partial charge in [-0.3, -0.25) is 4.79 Å². The Balaban J connectivity index is 1.84. The zero-order valence-electron chi connectivity index (χ0n) is 16.7. The highest BCUT2D eigenvalue weighted by Gasteiger charge is 2.22. The maximum absolute atomic E-state index is 12.8. The molecule has 0 aliphatic heterocycles. The van der Waals surface area contributed by atoms with E-state index < -0.39 is 0 Å². The first-order valence-corrected chi connectivity index (χ1v) is 10.3. The Morgan fingerprint density at radius 3 is 2.46 bits per heavy atom. The highest BCUT2D eigenvalue weighted by atomic mass is 32.2. The van der Waals surface area contributed by atoms with Gasteiger partial charge < -0.3 is 9.30 Å². The van der Waals surface area contributed by atoms with Gasteiger partial charge in [0, 0.05) is 12.1 Å². The minimum atomic E-state index is -0.257.